The molecule has 1 amide bonds. The summed E-state index contributed by atoms with van der Waals surface area (Å²) in [6, 6.07) is 8.53. The molecule has 41 heavy (non-hydrogen) atoms. The molecule has 0 spiro atoms. The molecule has 0 atom stereocenters. The van der Waals surface area contributed by atoms with Gasteiger partial charge in [-0.05, 0) is 36.4 Å². The minimum absolute atomic E-state index is 0.0381. The van der Waals surface area contributed by atoms with Crippen LogP contribution in [-0.4, -0.2) is 41.8 Å². The zero-order valence-corrected chi connectivity index (χ0v) is 20.8. The van der Waals surface area contributed by atoms with Gasteiger partial charge in [0.25, 0.3) is 6.43 Å². The van der Waals surface area contributed by atoms with Gasteiger partial charge < -0.3 is 4.74 Å². The Bertz CT molecular complexity index is 1690. The lowest BCUT2D eigenvalue weighted by atomic mass is 10.1. The Hall–Kier alpha value is -4.32. The smallest absolute Gasteiger partial charge is 0.404 e. The Morgan fingerprint density at radius 2 is 1.68 bits per heavy atom. The Labute approximate surface area is 224 Å². The molecule has 2 aromatic heterocycles. The second-order valence-corrected chi connectivity index (χ2v) is 9.94. The monoisotopic (exact) mass is 609 g/mol. The van der Waals surface area contributed by atoms with Gasteiger partial charge in [0, 0.05) is 11.3 Å². The number of nitrogens with one attached hydrogen (secondary N) is 2. The molecule has 0 aliphatic carbocycles. The van der Waals surface area contributed by atoms with Crippen molar-refractivity contribution in [2.45, 2.75) is 23.7 Å². The van der Waals surface area contributed by atoms with Crippen LogP contribution in [0.2, 0.25) is 0 Å². The molecule has 9 nitrogen and oxygen atoms in total. The number of benzene rings is 2. The van der Waals surface area contributed by atoms with Crippen LogP contribution in [0.15, 0.2) is 65.7 Å². The van der Waals surface area contributed by atoms with Gasteiger partial charge in [0.15, 0.2) is 11.4 Å². The number of halogens is 8. The molecule has 0 fully saturated rings. The third-order valence-electron chi connectivity index (χ3n) is 5.25. The number of aromatic nitrogens is 3. The molecule has 218 valence electrons. The van der Waals surface area contributed by atoms with E-state index in [2.05, 4.69) is 15.4 Å². The van der Waals surface area contributed by atoms with Crippen molar-refractivity contribution >= 4 is 27.5 Å². The van der Waals surface area contributed by atoms with Gasteiger partial charge in [-0.25, -0.2) is 36.2 Å². The average Bonchev–Trinajstić information content (AvgIpc) is 3.28. The Morgan fingerprint density at radius 3 is 2.29 bits per heavy atom. The van der Waals surface area contributed by atoms with E-state index in [-0.39, 0.29) is 16.9 Å². The first-order chi connectivity index (χ1) is 19.0. The largest absolute Gasteiger partial charge is 0.417 e. The number of fused-ring (bicyclic) bond motifs is 1. The molecule has 0 saturated heterocycles. The summed E-state index contributed by atoms with van der Waals surface area (Å²) in [6.45, 7) is -1.83. The highest BCUT2D eigenvalue weighted by Gasteiger charge is 2.31. The lowest BCUT2D eigenvalue weighted by Crippen LogP contribution is -2.33. The van der Waals surface area contributed by atoms with Crippen LogP contribution in [0, 0.1) is 0 Å². The lowest BCUT2D eigenvalue weighted by Gasteiger charge is -2.11. The van der Waals surface area contributed by atoms with Crippen molar-refractivity contribution in [3.05, 3.63) is 72.1 Å². The van der Waals surface area contributed by atoms with E-state index in [0.29, 0.717) is 4.52 Å². The zero-order valence-electron chi connectivity index (χ0n) is 20.0. The minimum Gasteiger partial charge on any atom is -0.404 e. The third-order valence-corrected chi connectivity index (χ3v) is 6.65. The van der Waals surface area contributed by atoms with Crippen LogP contribution in [0.3, 0.4) is 0 Å². The lowest BCUT2D eigenvalue weighted by molar-refractivity contribution is -0.137. The van der Waals surface area contributed by atoms with E-state index in [9.17, 15) is 48.3 Å². The van der Waals surface area contributed by atoms with E-state index in [1.165, 1.54) is 10.8 Å². The van der Waals surface area contributed by atoms with E-state index in [4.69, 9.17) is 4.74 Å². The summed E-state index contributed by atoms with van der Waals surface area (Å²) in [4.78, 5) is 16.0. The first-order valence-corrected chi connectivity index (χ1v) is 12.5. The number of nitrogens with zero attached hydrogens (tertiary/aromatic N) is 3. The number of alkyl halides is 8. The van der Waals surface area contributed by atoms with Crippen LogP contribution >= 0.6 is 0 Å². The number of carbonyl (C=O) groups is 1. The van der Waals surface area contributed by atoms with Crippen molar-refractivity contribution in [2.75, 3.05) is 11.9 Å². The summed E-state index contributed by atoms with van der Waals surface area (Å²) < 4.78 is 135. The minimum atomic E-state index is -4.81. The average molecular weight is 609 g/mol. The van der Waals surface area contributed by atoms with Gasteiger partial charge in [-0.2, -0.15) is 31.4 Å². The van der Waals surface area contributed by atoms with Crippen LogP contribution in [-0.2, 0) is 16.2 Å². The number of sulfonamides is 1. The van der Waals surface area contributed by atoms with Crippen molar-refractivity contribution < 1.29 is 53.1 Å². The Balaban J connectivity index is 1.59. The predicted octanol–water partition coefficient (Wildman–Crippen LogP) is 5.80. The highest BCUT2D eigenvalue weighted by atomic mass is 32.2. The predicted molar refractivity (Wildman–Crippen MR) is 126 cm³/mol. The molecule has 2 aromatic carbocycles. The number of hydrogen-bond acceptors (Lipinski definition) is 6. The van der Waals surface area contributed by atoms with Gasteiger partial charge in [-0.15, -0.1) is 0 Å². The van der Waals surface area contributed by atoms with Crippen LogP contribution in [0.5, 0.6) is 5.75 Å². The first kappa shape index (κ1) is 29.7. The number of ether oxygens (including phenoxy) is 1. The molecule has 0 saturated carbocycles. The zero-order chi connectivity index (χ0) is 30.2. The van der Waals surface area contributed by atoms with E-state index in [1.54, 1.807) is 0 Å². The molecule has 0 bridgehead atoms. The Kier molecular flexibility index (Phi) is 7.90. The second-order valence-electron chi connectivity index (χ2n) is 8.17. The van der Waals surface area contributed by atoms with Gasteiger partial charge in [0.1, 0.15) is 12.2 Å². The molecule has 0 radical (unpaired) electrons. The molecule has 0 aliphatic heterocycles. The van der Waals surface area contributed by atoms with Crippen molar-refractivity contribution in [1.82, 2.24) is 19.3 Å². The molecule has 2 N–H and O–H groups in total. The number of hydrogen-bond donors (Lipinski definition) is 2. The van der Waals surface area contributed by atoms with Gasteiger partial charge >= 0.3 is 18.4 Å². The molecule has 0 aliphatic rings. The summed E-state index contributed by atoms with van der Waals surface area (Å²) in [6.07, 6.45) is -13.0. The molecule has 2 heterocycles. The fraction of sp³-hybridized carbons (Fsp3) is 0.174. The van der Waals surface area contributed by atoms with Gasteiger partial charge in [-0.3, -0.25) is 5.32 Å². The summed E-state index contributed by atoms with van der Waals surface area (Å²) in [5, 5.41) is 5.85. The molecule has 0 unspecified atom stereocenters. The van der Waals surface area contributed by atoms with Crippen LogP contribution < -0.4 is 14.8 Å². The SMILES string of the molecule is O=C(Nc1cccc(S(=O)(=O)NCC(F)(F)F)c1)Oc1cnn2c(C(F)F)cc(-c3ccc(C(F)(F)F)cc3)nc12. The van der Waals surface area contributed by atoms with Crippen LogP contribution in [0.1, 0.15) is 17.7 Å². The second kappa shape index (κ2) is 10.9. The number of rotatable bonds is 7. The van der Waals surface area contributed by atoms with E-state index in [0.717, 1.165) is 54.7 Å². The summed E-state index contributed by atoms with van der Waals surface area (Å²) >= 11 is 0. The summed E-state index contributed by atoms with van der Waals surface area (Å²) in [7, 11) is -4.60. The topological polar surface area (TPSA) is 115 Å². The fourth-order valence-electron chi connectivity index (χ4n) is 3.42. The molecule has 18 heteroatoms. The Morgan fingerprint density at radius 1 is 1.00 bits per heavy atom. The van der Waals surface area contributed by atoms with Crippen LogP contribution in [0.25, 0.3) is 16.9 Å². The number of anilines is 1. The summed E-state index contributed by atoms with van der Waals surface area (Å²) in [5.74, 6) is -0.450. The van der Waals surface area contributed by atoms with E-state index in [1.807, 2.05) is 0 Å². The summed E-state index contributed by atoms with van der Waals surface area (Å²) in [5.41, 5.74) is -2.46. The first-order valence-electron chi connectivity index (χ1n) is 11.0. The fourth-order valence-corrected chi connectivity index (χ4v) is 4.48. The maximum Gasteiger partial charge on any atom is 0.417 e. The molecular formula is C23H15F8N5O4S. The molecule has 4 rings (SSSR count). The van der Waals surface area contributed by atoms with Gasteiger partial charge in [-0.1, -0.05) is 18.2 Å². The molecular weight excluding hydrogens is 594 g/mol. The number of carbonyl (C=O) groups excluding carboxylic acids is 1. The quantitative estimate of drug-likeness (QED) is 0.256. The van der Waals surface area contributed by atoms with Crippen molar-refractivity contribution in [3.8, 4) is 17.0 Å². The highest BCUT2D eigenvalue weighted by Crippen LogP contribution is 2.33. The maximum absolute atomic E-state index is 13.8. The standard InChI is InChI=1S/C23H15F8N5O4S/c24-19(25)17-9-16(12-4-6-13(7-5-12)23(29,30)31)35-20-18(10-32-36(17)20)40-21(37)34-14-2-1-3-15(8-14)41(38,39)33-11-22(26,27)28/h1-10,19,33H,11H2,(H,34,37). The van der Waals surface area contributed by atoms with Crippen molar-refractivity contribution in [2.24, 2.45) is 0 Å². The van der Waals surface area contributed by atoms with E-state index >= 15 is 0 Å². The highest BCUT2D eigenvalue weighted by molar-refractivity contribution is 7.89. The van der Waals surface area contributed by atoms with Crippen molar-refractivity contribution in [1.29, 1.82) is 0 Å². The van der Waals surface area contributed by atoms with Gasteiger partial charge in [0.05, 0.1) is 22.3 Å². The molecule has 4 aromatic rings. The third kappa shape index (κ3) is 7.07. The maximum atomic E-state index is 13.8. The normalized spacial score (nSPS) is 12.6. The van der Waals surface area contributed by atoms with Crippen LogP contribution in [0.4, 0.5) is 45.6 Å². The van der Waals surface area contributed by atoms with Gasteiger partial charge in [0.2, 0.25) is 10.0 Å². The van der Waals surface area contributed by atoms with Crippen molar-refractivity contribution in [3.63, 3.8) is 0 Å². The number of amides is 1. The van der Waals surface area contributed by atoms with E-state index < -0.39 is 69.0 Å².